The Hall–Kier alpha value is -1.42. The second-order valence-corrected chi connectivity index (χ2v) is 7.83. The Morgan fingerprint density at radius 1 is 1.31 bits per heavy atom. The smallest absolute Gasteiger partial charge is 0.303 e. The molecule has 1 saturated carbocycles. The highest BCUT2D eigenvalue weighted by Gasteiger charge is 2.33. The van der Waals surface area contributed by atoms with Crippen molar-refractivity contribution in [3.05, 3.63) is 35.6 Å². The molecule has 26 heavy (non-hydrogen) atoms. The molecule has 1 aromatic carbocycles. The van der Waals surface area contributed by atoms with Gasteiger partial charge in [0.25, 0.3) is 0 Å². The van der Waals surface area contributed by atoms with E-state index in [1.807, 2.05) is 6.07 Å². The van der Waals surface area contributed by atoms with Crippen LogP contribution in [0.4, 0.5) is 4.39 Å². The number of ether oxygens (including phenoxy) is 1. The number of benzene rings is 1. The van der Waals surface area contributed by atoms with Crippen molar-refractivity contribution < 1.29 is 19.0 Å². The van der Waals surface area contributed by atoms with Crippen LogP contribution in [0.5, 0.6) is 0 Å². The van der Waals surface area contributed by atoms with E-state index in [0.29, 0.717) is 11.8 Å². The van der Waals surface area contributed by atoms with E-state index < -0.39 is 5.97 Å². The van der Waals surface area contributed by atoms with Crippen LogP contribution in [-0.2, 0) is 16.0 Å². The van der Waals surface area contributed by atoms with Gasteiger partial charge in [0.1, 0.15) is 5.82 Å². The maximum atomic E-state index is 13.2. The van der Waals surface area contributed by atoms with E-state index in [9.17, 15) is 9.18 Å². The molecule has 1 aromatic rings. The van der Waals surface area contributed by atoms with Gasteiger partial charge in [0.15, 0.2) is 0 Å². The molecular formula is C22H33FO3. The molecule has 1 aliphatic rings. The van der Waals surface area contributed by atoms with Crippen LogP contribution in [0.2, 0.25) is 0 Å². The van der Waals surface area contributed by atoms with Crippen molar-refractivity contribution in [3.8, 4) is 0 Å². The first-order valence-corrected chi connectivity index (χ1v) is 10.0. The number of halogens is 1. The quantitative estimate of drug-likeness (QED) is 0.560. The summed E-state index contributed by atoms with van der Waals surface area (Å²) in [5.74, 6) is 0.548. The molecule has 3 nitrogen and oxygen atoms in total. The lowest BCUT2D eigenvalue weighted by molar-refractivity contribution is -0.139. The summed E-state index contributed by atoms with van der Waals surface area (Å²) in [5, 5.41) is 9.14. The minimum Gasteiger partial charge on any atom is -0.481 e. The Labute approximate surface area is 156 Å². The van der Waals surface area contributed by atoms with Crippen molar-refractivity contribution in [2.45, 2.75) is 70.8 Å². The molecule has 1 N–H and O–H groups in total. The van der Waals surface area contributed by atoms with E-state index in [-0.39, 0.29) is 24.3 Å². The normalized spacial score (nSPS) is 24.3. The van der Waals surface area contributed by atoms with Crippen LogP contribution < -0.4 is 0 Å². The molecule has 0 aromatic heterocycles. The van der Waals surface area contributed by atoms with E-state index in [2.05, 4.69) is 6.92 Å². The molecule has 1 aliphatic carbocycles. The fourth-order valence-electron chi connectivity index (χ4n) is 4.62. The Balaban J connectivity index is 1.82. The molecule has 1 fully saturated rings. The van der Waals surface area contributed by atoms with Crippen molar-refractivity contribution in [1.29, 1.82) is 0 Å². The summed E-state index contributed by atoms with van der Waals surface area (Å²) >= 11 is 0. The van der Waals surface area contributed by atoms with Crippen LogP contribution in [-0.4, -0.2) is 24.3 Å². The molecule has 0 aliphatic heterocycles. The molecule has 2 rings (SSSR count). The number of hydrogen-bond donors (Lipinski definition) is 1. The number of carboxylic acid groups (broad SMARTS) is 1. The van der Waals surface area contributed by atoms with Gasteiger partial charge in [0.05, 0.1) is 6.10 Å². The largest absolute Gasteiger partial charge is 0.481 e. The highest BCUT2D eigenvalue weighted by atomic mass is 19.1. The van der Waals surface area contributed by atoms with Crippen LogP contribution in [0, 0.1) is 23.6 Å². The zero-order chi connectivity index (χ0) is 18.9. The van der Waals surface area contributed by atoms with E-state index in [0.717, 1.165) is 56.9 Å². The van der Waals surface area contributed by atoms with Crippen molar-refractivity contribution in [3.63, 3.8) is 0 Å². The molecule has 146 valence electrons. The van der Waals surface area contributed by atoms with Crippen molar-refractivity contribution >= 4 is 5.97 Å². The van der Waals surface area contributed by atoms with Gasteiger partial charge in [-0.05, 0) is 67.6 Å². The minimum atomic E-state index is -0.700. The Morgan fingerprint density at radius 2 is 2.12 bits per heavy atom. The maximum absolute atomic E-state index is 13.2. The van der Waals surface area contributed by atoms with Crippen LogP contribution in [0.3, 0.4) is 0 Å². The van der Waals surface area contributed by atoms with Gasteiger partial charge in [-0.3, -0.25) is 4.79 Å². The molecule has 0 bridgehead atoms. The van der Waals surface area contributed by atoms with Gasteiger partial charge in [0, 0.05) is 13.5 Å². The Bertz CT molecular complexity index is 560. The van der Waals surface area contributed by atoms with E-state index in [4.69, 9.17) is 9.84 Å². The number of carbonyl (C=O) groups is 1. The Morgan fingerprint density at radius 3 is 2.77 bits per heavy atom. The first kappa shape index (κ1) is 20.9. The molecule has 0 amide bonds. The first-order chi connectivity index (χ1) is 12.5. The molecule has 4 atom stereocenters. The zero-order valence-corrected chi connectivity index (χ0v) is 16.1. The lowest BCUT2D eigenvalue weighted by Crippen LogP contribution is -2.32. The molecule has 0 radical (unpaired) electrons. The van der Waals surface area contributed by atoms with Gasteiger partial charge in [0.2, 0.25) is 0 Å². The molecule has 0 heterocycles. The van der Waals surface area contributed by atoms with Gasteiger partial charge < -0.3 is 9.84 Å². The lowest BCUT2D eigenvalue weighted by Gasteiger charge is -2.38. The SMILES string of the molecule is CCC(CCCCc1cccc(F)c1)C1CC(CC(=O)O)CC(OC)C1. The Kier molecular flexibility index (Phi) is 8.56. The van der Waals surface area contributed by atoms with Gasteiger partial charge >= 0.3 is 5.97 Å². The third-order valence-electron chi connectivity index (χ3n) is 5.97. The van der Waals surface area contributed by atoms with E-state index in [1.165, 1.54) is 6.07 Å². The number of carboxylic acids is 1. The van der Waals surface area contributed by atoms with Gasteiger partial charge in [-0.1, -0.05) is 38.3 Å². The number of rotatable bonds is 10. The van der Waals surface area contributed by atoms with Gasteiger partial charge in [-0.2, -0.15) is 0 Å². The van der Waals surface area contributed by atoms with Crippen molar-refractivity contribution in [2.75, 3.05) is 7.11 Å². The highest BCUT2D eigenvalue weighted by Crippen LogP contribution is 2.39. The fraction of sp³-hybridized carbons (Fsp3) is 0.682. The average Bonchev–Trinajstić information content (AvgIpc) is 2.61. The second kappa shape index (κ2) is 10.7. The summed E-state index contributed by atoms with van der Waals surface area (Å²) in [6, 6.07) is 6.87. The number of hydrogen-bond acceptors (Lipinski definition) is 2. The third-order valence-corrected chi connectivity index (χ3v) is 5.97. The molecule has 0 spiro atoms. The fourth-order valence-corrected chi connectivity index (χ4v) is 4.62. The summed E-state index contributed by atoms with van der Waals surface area (Å²) in [5.41, 5.74) is 1.07. The maximum Gasteiger partial charge on any atom is 0.303 e. The number of unbranched alkanes of at least 4 members (excludes halogenated alkanes) is 1. The van der Waals surface area contributed by atoms with Gasteiger partial charge in [-0.25, -0.2) is 4.39 Å². The summed E-state index contributed by atoms with van der Waals surface area (Å²) in [6.45, 7) is 2.24. The number of methoxy groups -OCH3 is 1. The molecule has 4 unspecified atom stereocenters. The van der Waals surface area contributed by atoms with E-state index >= 15 is 0 Å². The second-order valence-electron chi connectivity index (χ2n) is 7.83. The van der Waals surface area contributed by atoms with Crippen molar-refractivity contribution in [1.82, 2.24) is 0 Å². The summed E-state index contributed by atoms with van der Waals surface area (Å²) in [7, 11) is 1.74. The summed E-state index contributed by atoms with van der Waals surface area (Å²) < 4.78 is 18.8. The predicted molar refractivity (Wildman–Crippen MR) is 102 cm³/mol. The summed E-state index contributed by atoms with van der Waals surface area (Å²) in [6.07, 6.45) is 8.78. The van der Waals surface area contributed by atoms with E-state index in [1.54, 1.807) is 19.2 Å². The van der Waals surface area contributed by atoms with Crippen LogP contribution in [0.25, 0.3) is 0 Å². The minimum absolute atomic E-state index is 0.161. The van der Waals surface area contributed by atoms with Crippen molar-refractivity contribution in [2.24, 2.45) is 17.8 Å². The highest BCUT2D eigenvalue weighted by molar-refractivity contribution is 5.67. The van der Waals surface area contributed by atoms with Crippen LogP contribution >= 0.6 is 0 Å². The standard InChI is InChI=1S/C22H33FO3/c1-3-18(9-5-4-7-16-8-6-10-20(23)12-16)19-11-17(14-22(24)25)13-21(15-19)26-2/h6,8,10,12,17-19,21H,3-5,7,9,11,13-15H2,1-2H3,(H,24,25). The number of aryl methyl sites for hydroxylation is 1. The number of aliphatic carboxylic acids is 1. The molecule has 4 heteroatoms. The monoisotopic (exact) mass is 364 g/mol. The summed E-state index contributed by atoms with van der Waals surface area (Å²) in [4.78, 5) is 11.1. The predicted octanol–water partition coefficient (Wildman–Crippen LogP) is 5.47. The van der Waals surface area contributed by atoms with Crippen LogP contribution in [0.15, 0.2) is 24.3 Å². The van der Waals surface area contributed by atoms with Gasteiger partial charge in [-0.15, -0.1) is 0 Å². The first-order valence-electron chi connectivity index (χ1n) is 10.0. The molecule has 0 saturated heterocycles. The third kappa shape index (κ3) is 6.71. The molecular weight excluding hydrogens is 331 g/mol. The lowest BCUT2D eigenvalue weighted by atomic mass is 9.71. The topological polar surface area (TPSA) is 46.5 Å². The zero-order valence-electron chi connectivity index (χ0n) is 16.1. The van der Waals surface area contributed by atoms with Crippen LogP contribution in [0.1, 0.15) is 63.9 Å². The average molecular weight is 365 g/mol.